The highest BCUT2D eigenvalue weighted by Crippen LogP contribution is 2.47. The molecule has 4 unspecified atom stereocenters. The van der Waals surface area contributed by atoms with Gasteiger partial charge in [-0.2, -0.15) is 0 Å². The SMILES string of the molecule is CCCCCC1CCC(C2CCC(CCC3CC(F)C(C4CC(F)CC(F)C4)C(F)C3)CC2)CC1. The third kappa shape index (κ3) is 7.86. The van der Waals surface area contributed by atoms with Gasteiger partial charge in [0.2, 0.25) is 0 Å². The van der Waals surface area contributed by atoms with E-state index >= 15 is 8.78 Å². The molecule has 4 rings (SSSR count). The van der Waals surface area contributed by atoms with E-state index in [2.05, 4.69) is 6.92 Å². The Balaban J connectivity index is 1.13. The monoisotopic (exact) mass is 500 g/mol. The minimum atomic E-state index is -1.24. The highest BCUT2D eigenvalue weighted by Gasteiger charge is 2.45. The molecule has 0 spiro atoms. The first kappa shape index (κ1) is 27.7. The number of alkyl halides is 4. The topological polar surface area (TPSA) is 0 Å². The minimum Gasteiger partial charge on any atom is -0.247 e. The molecule has 0 aliphatic heterocycles. The van der Waals surface area contributed by atoms with E-state index < -0.39 is 36.5 Å². The van der Waals surface area contributed by atoms with Gasteiger partial charge in [-0.1, -0.05) is 64.7 Å². The first-order chi connectivity index (χ1) is 16.9. The van der Waals surface area contributed by atoms with Crippen molar-refractivity contribution < 1.29 is 17.6 Å². The maximum absolute atomic E-state index is 15.0. The molecule has 4 fully saturated rings. The summed E-state index contributed by atoms with van der Waals surface area (Å²) in [6.07, 6.45) is 14.7. The maximum atomic E-state index is 15.0. The lowest BCUT2D eigenvalue weighted by molar-refractivity contribution is -0.0267. The molecule has 4 saturated carbocycles. The van der Waals surface area contributed by atoms with Crippen LogP contribution in [0.1, 0.15) is 129 Å². The quantitative estimate of drug-likeness (QED) is 0.218. The van der Waals surface area contributed by atoms with Gasteiger partial charge >= 0.3 is 0 Å². The molecule has 204 valence electrons. The van der Waals surface area contributed by atoms with Gasteiger partial charge in [-0.25, -0.2) is 17.6 Å². The van der Waals surface area contributed by atoms with Crippen LogP contribution in [0.15, 0.2) is 0 Å². The summed E-state index contributed by atoms with van der Waals surface area (Å²) in [6.45, 7) is 2.29. The van der Waals surface area contributed by atoms with Crippen molar-refractivity contribution in [3.63, 3.8) is 0 Å². The molecule has 4 heteroatoms. The summed E-state index contributed by atoms with van der Waals surface area (Å²) in [5.74, 6) is 2.41. The Bertz CT molecular complexity index is 573. The van der Waals surface area contributed by atoms with Crippen LogP contribution in [0.5, 0.6) is 0 Å². The maximum Gasteiger partial charge on any atom is 0.106 e. The molecule has 0 amide bonds. The molecule has 0 radical (unpaired) electrons. The second-order valence-electron chi connectivity index (χ2n) is 13.2. The lowest BCUT2D eigenvalue weighted by Gasteiger charge is -2.42. The standard InChI is InChI=1S/C31H52F4/c1-2-3-4-5-21-8-12-24(13-9-21)25-14-10-22(11-15-25)6-7-23-16-29(34)31(30(35)17-23)26-18-27(32)20-28(33)19-26/h21-31H,2-20H2,1H3. The van der Waals surface area contributed by atoms with Gasteiger partial charge in [0.05, 0.1) is 0 Å². The van der Waals surface area contributed by atoms with Crippen molar-refractivity contribution in [2.24, 2.45) is 41.4 Å². The number of unbranched alkanes of at least 4 members (excludes halogenated alkanes) is 2. The molecule has 0 heterocycles. The van der Waals surface area contributed by atoms with Crippen molar-refractivity contribution in [3.05, 3.63) is 0 Å². The van der Waals surface area contributed by atoms with E-state index in [4.69, 9.17) is 0 Å². The molecule has 0 aromatic carbocycles. The number of hydrogen-bond acceptors (Lipinski definition) is 0. The van der Waals surface area contributed by atoms with Gasteiger partial charge in [-0.05, 0) is 93.3 Å². The van der Waals surface area contributed by atoms with Gasteiger partial charge in [0, 0.05) is 12.3 Å². The third-order valence-electron chi connectivity index (χ3n) is 10.8. The Labute approximate surface area is 212 Å². The molecule has 0 nitrogen and oxygen atoms in total. The van der Waals surface area contributed by atoms with Crippen LogP contribution in [0.25, 0.3) is 0 Å². The van der Waals surface area contributed by atoms with Gasteiger partial charge in [0.25, 0.3) is 0 Å². The van der Waals surface area contributed by atoms with E-state index in [1.165, 1.54) is 77.0 Å². The highest BCUT2D eigenvalue weighted by atomic mass is 19.2. The average Bonchev–Trinajstić information content (AvgIpc) is 2.83. The van der Waals surface area contributed by atoms with Crippen LogP contribution < -0.4 is 0 Å². The lowest BCUT2D eigenvalue weighted by Crippen LogP contribution is -2.43. The Hall–Kier alpha value is -0.280. The van der Waals surface area contributed by atoms with E-state index in [-0.39, 0.29) is 25.2 Å². The minimum absolute atomic E-state index is 0.0949. The normalized spacial score (nSPS) is 45.3. The van der Waals surface area contributed by atoms with Crippen molar-refractivity contribution in [2.75, 3.05) is 0 Å². The summed E-state index contributed by atoms with van der Waals surface area (Å²) in [5, 5.41) is 0. The van der Waals surface area contributed by atoms with Gasteiger partial charge < -0.3 is 0 Å². The van der Waals surface area contributed by atoms with Gasteiger partial charge in [-0.3, -0.25) is 0 Å². The Morgan fingerprint density at radius 3 is 1.49 bits per heavy atom. The fraction of sp³-hybridized carbons (Fsp3) is 1.00. The number of hydrogen-bond donors (Lipinski definition) is 0. The van der Waals surface area contributed by atoms with Crippen LogP contribution >= 0.6 is 0 Å². The van der Waals surface area contributed by atoms with Crippen LogP contribution in [-0.2, 0) is 0 Å². The highest BCUT2D eigenvalue weighted by molar-refractivity contribution is 4.94. The summed E-state index contributed by atoms with van der Waals surface area (Å²) in [7, 11) is 0. The molecule has 0 N–H and O–H groups in total. The Morgan fingerprint density at radius 2 is 0.971 bits per heavy atom. The van der Waals surface area contributed by atoms with Gasteiger partial charge in [0.1, 0.15) is 24.7 Å². The van der Waals surface area contributed by atoms with Crippen molar-refractivity contribution in [1.29, 1.82) is 0 Å². The lowest BCUT2D eigenvalue weighted by atomic mass is 9.66. The van der Waals surface area contributed by atoms with Crippen molar-refractivity contribution in [1.82, 2.24) is 0 Å². The molecule has 4 atom stereocenters. The number of rotatable bonds is 9. The van der Waals surface area contributed by atoms with Gasteiger partial charge in [0.15, 0.2) is 0 Å². The molecule has 35 heavy (non-hydrogen) atoms. The zero-order valence-corrected chi connectivity index (χ0v) is 22.3. The summed E-state index contributed by atoms with van der Waals surface area (Å²) in [6, 6.07) is 0. The first-order valence-corrected chi connectivity index (χ1v) is 15.5. The molecule has 0 bridgehead atoms. The molecule has 4 aliphatic carbocycles. The first-order valence-electron chi connectivity index (χ1n) is 15.5. The van der Waals surface area contributed by atoms with Crippen molar-refractivity contribution in [2.45, 2.75) is 154 Å². The molecule has 0 saturated heterocycles. The zero-order valence-electron chi connectivity index (χ0n) is 22.3. The zero-order chi connectivity index (χ0) is 24.8. The Kier molecular flexibility index (Phi) is 10.7. The summed E-state index contributed by atoms with van der Waals surface area (Å²) in [5.41, 5.74) is 0. The summed E-state index contributed by atoms with van der Waals surface area (Å²) < 4.78 is 57.7. The van der Waals surface area contributed by atoms with Crippen LogP contribution in [0.2, 0.25) is 0 Å². The molecular weight excluding hydrogens is 448 g/mol. The van der Waals surface area contributed by atoms with E-state index in [1.54, 1.807) is 0 Å². The molecular formula is C31H52F4. The second kappa shape index (κ2) is 13.5. The molecule has 0 aromatic heterocycles. The van der Waals surface area contributed by atoms with E-state index in [0.29, 0.717) is 12.8 Å². The number of halogens is 4. The Morgan fingerprint density at radius 1 is 0.486 bits per heavy atom. The summed E-state index contributed by atoms with van der Waals surface area (Å²) in [4.78, 5) is 0. The smallest absolute Gasteiger partial charge is 0.106 e. The fourth-order valence-corrected chi connectivity index (χ4v) is 8.69. The van der Waals surface area contributed by atoms with Crippen molar-refractivity contribution >= 4 is 0 Å². The molecule has 0 aromatic rings. The van der Waals surface area contributed by atoms with E-state index in [1.807, 2.05) is 0 Å². The van der Waals surface area contributed by atoms with Gasteiger partial charge in [-0.15, -0.1) is 0 Å². The fourth-order valence-electron chi connectivity index (χ4n) is 8.69. The largest absolute Gasteiger partial charge is 0.247 e. The predicted molar refractivity (Wildman–Crippen MR) is 137 cm³/mol. The predicted octanol–water partition coefficient (Wildman–Crippen LogP) is 10.1. The molecule has 4 aliphatic rings. The van der Waals surface area contributed by atoms with Crippen LogP contribution in [0.3, 0.4) is 0 Å². The van der Waals surface area contributed by atoms with Crippen LogP contribution in [0, 0.1) is 41.4 Å². The summed E-state index contributed by atoms with van der Waals surface area (Å²) >= 11 is 0. The average molecular weight is 501 g/mol. The van der Waals surface area contributed by atoms with E-state index in [9.17, 15) is 8.78 Å². The second-order valence-corrected chi connectivity index (χ2v) is 13.2. The van der Waals surface area contributed by atoms with E-state index in [0.717, 1.165) is 36.5 Å². The third-order valence-corrected chi connectivity index (χ3v) is 10.8. The van der Waals surface area contributed by atoms with Crippen molar-refractivity contribution in [3.8, 4) is 0 Å². The van der Waals surface area contributed by atoms with Crippen LogP contribution in [-0.4, -0.2) is 24.7 Å². The van der Waals surface area contributed by atoms with Crippen LogP contribution in [0.4, 0.5) is 17.6 Å².